The number of aryl methyl sites for hydroxylation is 10. The Labute approximate surface area is 301 Å². The lowest BCUT2D eigenvalue weighted by atomic mass is 9.90. The molecule has 6 aromatic rings. The summed E-state index contributed by atoms with van der Waals surface area (Å²) >= 11 is 1.84. The molecule has 0 saturated carbocycles. The quantitative estimate of drug-likeness (QED) is 0.174. The van der Waals surface area contributed by atoms with E-state index < -0.39 is 0 Å². The Balaban J connectivity index is 0.000000217. The van der Waals surface area contributed by atoms with Crippen LogP contribution in [0, 0.1) is 111 Å². The number of para-hydroxylation sites is 1. The molecule has 0 bridgehead atoms. The molecular weight excluding hydrogens is 619 g/mol. The van der Waals surface area contributed by atoms with Crippen molar-refractivity contribution < 1.29 is 4.42 Å². The molecule has 0 aliphatic heterocycles. The van der Waals surface area contributed by atoms with Gasteiger partial charge in [0.1, 0.15) is 11.5 Å². The molecular formula is C44H59N3OS. The maximum atomic E-state index is 5.08. The summed E-state index contributed by atoms with van der Waals surface area (Å²) in [6, 6.07) is 22.9. The number of thiophene rings is 1. The second-order valence-electron chi connectivity index (χ2n) is 12.9. The van der Waals surface area contributed by atoms with Crippen molar-refractivity contribution in [2.75, 3.05) is 0 Å². The Morgan fingerprint density at radius 1 is 0.408 bits per heavy atom. The summed E-state index contributed by atoms with van der Waals surface area (Å²) in [5.41, 5.74) is 16.6. The van der Waals surface area contributed by atoms with Crippen LogP contribution in [0.25, 0.3) is 5.69 Å². The number of nitrogens with zero attached hydrogens (tertiary/aromatic N) is 3. The molecule has 0 unspecified atom stereocenters. The largest absolute Gasteiger partial charge is 0.467 e. The smallest absolute Gasteiger partial charge is 0.101 e. The Hall–Kier alpha value is -4.22. The van der Waals surface area contributed by atoms with Crippen LogP contribution < -0.4 is 0 Å². The molecule has 0 fully saturated rings. The zero-order valence-electron chi connectivity index (χ0n) is 33.0. The van der Waals surface area contributed by atoms with Gasteiger partial charge in [-0.3, -0.25) is 9.97 Å². The standard InChI is InChI=1S/C12H13N.C12H18.C8H12N2.C6H8O.C6H8S/c1-10-8-9-11(2)13(10)12-6-4-3-5-7-12;1-7-8(2)10(4)12(6)11(5)9(7)3;1-5-6(2)10-8(4)7(3)9-5;2*1-5-3-4-6(2)7-5/h3-9H,1-2H3;1-6H3;1-4H3;2*3-4H,1-2H3. The molecule has 49 heavy (non-hydrogen) atoms. The van der Waals surface area contributed by atoms with Crippen molar-refractivity contribution in [2.45, 2.75) is 111 Å². The van der Waals surface area contributed by atoms with Crippen LogP contribution >= 0.6 is 11.3 Å². The number of rotatable bonds is 1. The van der Waals surface area contributed by atoms with Crippen molar-refractivity contribution in [3.05, 3.63) is 156 Å². The third-order valence-corrected chi connectivity index (χ3v) is 10.0. The van der Waals surface area contributed by atoms with Crippen LogP contribution in [0.4, 0.5) is 0 Å². The summed E-state index contributed by atoms with van der Waals surface area (Å²) in [5, 5.41) is 0. The molecule has 4 heterocycles. The molecule has 4 aromatic heterocycles. The Bertz CT molecular complexity index is 1680. The lowest BCUT2D eigenvalue weighted by Gasteiger charge is -2.15. The summed E-state index contributed by atoms with van der Waals surface area (Å²) in [7, 11) is 0. The van der Waals surface area contributed by atoms with Crippen molar-refractivity contribution in [2.24, 2.45) is 0 Å². The molecule has 0 amide bonds. The first-order chi connectivity index (χ1) is 22.9. The van der Waals surface area contributed by atoms with Crippen LogP contribution in [0.15, 0.2) is 71.1 Å². The van der Waals surface area contributed by atoms with Crippen LogP contribution in [0.5, 0.6) is 0 Å². The SMILES string of the molecule is Cc1c(C)c(C)c(C)c(C)c1C.Cc1ccc(C)n1-c1ccccc1.Cc1ccc(C)o1.Cc1ccc(C)s1.Cc1nc(C)c(C)nc1C. The fraction of sp³-hybridized carbons (Fsp3) is 0.364. The maximum absolute atomic E-state index is 5.08. The molecule has 4 nitrogen and oxygen atoms in total. The molecule has 6 rings (SSSR count). The van der Waals surface area contributed by atoms with Crippen molar-refractivity contribution in [1.29, 1.82) is 0 Å². The zero-order valence-corrected chi connectivity index (χ0v) is 33.8. The third kappa shape index (κ3) is 12.3. The van der Waals surface area contributed by atoms with E-state index in [2.05, 4.69) is 132 Å². The van der Waals surface area contributed by atoms with Gasteiger partial charge in [0.2, 0.25) is 0 Å². The van der Waals surface area contributed by atoms with Gasteiger partial charge in [-0.25, -0.2) is 0 Å². The Morgan fingerprint density at radius 3 is 0.980 bits per heavy atom. The summed E-state index contributed by atoms with van der Waals surface area (Å²) < 4.78 is 7.33. The number of hydrogen-bond acceptors (Lipinski definition) is 4. The lowest BCUT2D eigenvalue weighted by molar-refractivity contribution is 0.504. The highest BCUT2D eigenvalue weighted by molar-refractivity contribution is 7.11. The maximum Gasteiger partial charge on any atom is 0.101 e. The van der Waals surface area contributed by atoms with E-state index in [0.29, 0.717) is 0 Å². The van der Waals surface area contributed by atoms with Gasteiger partial charge in [-0.1, -0.05) is 18.2 Å². The summed E-state index contributed by atoms with van der Waals surface area (Å²) in [6.07, 6.45) is 0. The van der Waals surface area contributed by atoms with Gasteiger partial charge in [0.15, 0.2) is 0 Å². The molecule has 0 saturated heterocycles. The Morgan fingerprint density at radius 2 is 0.735 bits per heavy atom. The molecule has 0 aliphatic rings. The normalized spacial score (nSPS) is 10.0. The monoisotopic (exact) mass is 677 g/mol. The number of aromatic nitrogens is 3. The fourth-order valence-corrected chi connectivity index (χ4v) is 6.06. The second-order valence-corrected chi connectivity index (χ2v) is 14.4. The average molecular weight is 678 g/mol. The van der Waals surface area contributed by atoms with Crippen molar-refractivity contribution in [3.8, 4) is 5.69 Å². The highest BCUT2D eigenvalue weighted by Gasteiger charge is 2.08. The second kappa shape index (κ2) is 19.1. The molecule has 0 spiro atoms. The van der Waals surface area contributed by atoms with Crippen molar-refractivity contribution >= 4 is 11.3 Å². The predicted octanol–water partition coefficient (Wildman–Crippen LogP) is 12.6. The summed E-state index contributed by atoms with van der Waals surface area (Å²) in [4.78, 5) is 11.4. The Kier molecular flexibility index (Phi) is 16.0. The molecule has 0 aliphatic carbocycles. The van der Waals surface area contributed by atoms with Gasteiger partial charge in [0.25, 0.3) is 0 Å². The number of hydrogen-bond donors (Lipinski definition) is 0. The van der Waals surface area contributed by atoms with Gasteiger partial charge in [0.05, 0.1) is 22.8 Å². The summed E-state index contributed by atoms with van der Waals surface area (Å²) in [6.45, 7) is 33.6. The molecule has 262 valence electrons. The van der Waals surface area contributed by atoms with E-state index in [1.54, 1.807) is 0 Å². The van der Waals surface area contributed by atoms with Crippen molar-refractivity contribution in [1.82, 2.24) is 14.5 Å². The van der Waals surface area contributed by atoms with E-state index in [-0.39, 0.29) is 0 Å². The minimum absolute atomic E-state index is 0.984. The van der Waals surface area contributed by atoms with Crippen LogP contribution in [0.3, 0.4) is 0 Å². The number of benzene rings is 2. The van der Waals surface area contributed by atoms with Crippen LogP contribution in [0.1, 0.15) is 88.8 Å². The molecule has 5 heteroatoms. The van der Waals surface area contributed by atoms with E-state index in [0.717, 1.165) is 34.3 Å². The van der Waals surface area contributed by atoms with E-state index in [4.69, 9.17) is 4.42 Å². The van der Waals surface area contributed by atoms with E-state index in [1.165, 1.54) is 60.2 Å². The topological polar surface area (TPSA) is 43.9 Å². The molecule has 0 N–H and O–H groups in total. The first kappa shape index (κ1) is 41.0. The zero-order chi connectivity index (χ0) is 37.0. The minimum Gasteiger partial charge on any atom is -0.467 e. The van der Waals surface area contributed by atoms with E-state index >= 15 is 0 Å². The molecule has 0 atom stereocenters. The van der Waals surface area contributed by atoms with Crippen LogP contribution in [-0.4, -0.2) is 14.5 Å². The summed E-state index contributed by atoms with van der Waals surface area (Å²) in [5.74, 6) is 1.97. The van der Waals surface area contributed by atoms with Gasteiger partial charge >= 0.3 is 0 Å². The van der Waals surface area contributed by atoms with E-state index in [1.807, 2.05) is 71.1 Å². The first-order valence-electron chi connectivity index (χ1n) is 17.0. The molecule has 2 aromatic carbocycles. The van der Waals surface area contributed by atoms with Gasteiger partial charge in [-0.2, -0.15) is 0 Å². The minimum atomic E-state index is 0.984. The lowest BCUT2D eigenvalue weighted by Crippen LogP contribution is -1.98. The van der Waals surface area contributed by atoms with Gasteiger partial charge < -0.3 is 8.98 Å². The highest BCUT2D eigenvalue weighted by Crippen LogP contribution is 2.24. The first-order valence-corrected chi connectivity index (χ1v) is 17.8. The van der Waals surface area contributed by atoms with Crippen molar-refractivity contribution in [3.63, 3.8) is 0 Å². The fourth-order valence-electron chi connectivity index (χ4n) is 5.28. The highest BCUT2D eigenvalue weighted by atomic mass is 32.1. The van der Waals surface area contributed by atoms with E-state index in [9.17, 15) is 0 Å². The molecule has 0 radical (unpaired) electrons. The van der Waals surface area contributed by atoms with Gasteiger partial charge in [-0.05, 0) is 193 Å². The van der Waals surface area contributed by atoms with Crippen LogP contribution in [0.2, 0.25) is 0 Å². The van der Waals surface area contributed by atoms with Gasteiger partial charge in [0, 0.05) is 26.8 Å². The van der Waals surface area contributed by atoms with Gasteiger partial charge in [-0.15, -0.1) is 11.3 Å². The third-order valence-electron chi connectivity index (χ3n) is 9.13. The number of furan rings is 1. The average Bonchev–Trinajstić information content (AvgIpc) is 3.76. The van der Waals surface area contributed by atoms with Crippen LogP contribution in [-0.2, 0) is 0 Å². The predicted molar refractivity (Wildman–Crippen MR) is 213 cm³/mol.